The van der Waals surface area contributed by atoms with Crippen molar-refractivity contribution in [2.75, 3.05) is 26.3 Å². The minimum atomic E-state index is -1.08. The van der Waals surface area contributed by atoms with E-state index >= 15 is 0 Å². The van der Waals surface area contributed by atoms with Crippen LogP contribution in [0.25, 0.3) is 10.9 Å². The smallest absolute Gasteiger partial charge is 0.242 e. The van der Waals surface area contributed by atoms with Crippen molar-refractivity contribution in [3.63, 3.8) is 0 Å². The number of morpholine rings is 1. The number of carbonyl (C=O) groups is 2. The molecule has 4 aromatic rings. The SMILES string of the molecule is Cc1ccc(S[C@@]2(C(=O)N3CCOCC3)CC(=O)N(Cc3ccc(Br)cc3)[C@H]2c2c[nH]c3cc(Cl)ccc23)cc1. The maximum atomic E-state index is 14.7. The first kappa shape index (κ1) is 27.4. The number of aromatic amines is 1. The van der Waals surface area contributed by atoms with Gasteiger partial charge in [-0.1, -0.05) is 63.4 Å². The number of hydrogen-bond acceptors (Lipinski definition) is 4. The molecule has 0 radical (unpaired) electrons. The number of thioether (sulfide) groups is 1. The van der Waals surface area contributed by atoms with Gasteiger partial charge in [0.2, 0.25) is 11.8 Å². The number of aromatic nitrogens is 1. The molecule has 2 fully saturated rings. The highest BCUT2D eigenvalue weighted by Gasteiger charge is 2.59. The summed E-state index contributed by atoms with van der Waals surface area (Å²) < 4.78 is 5.47. The van der Waals surface area contributed by atoms with Crippen LogP contribution in [0.4, 0.5) is 0 Å². The number of amides is 2. The first-order chi connectivity index (χ1) is 19.3. The molecule has 0 saturated carbocycles. The Bertz CT molecular complexity index is 1550. The maximum Gasteiger partial charge on any atom is 0.242 e. The standard InChI is InChI=1S/C31H29BrClN3O3S/c1-20-2-9-24(10-3-20)40-31(30(38)35-12-14-39-15-13-35)17-28(37)36(19-21-4-6-22(32)7-5-21)29(31)26-18-34-27-16-23(33)8-11-25(26)27/h2-11,16,18,29,34H,12-15,17,19H2,1H3/t29-,31-/m0/s1. The monoisotopic (exact) mass is 637 g/mol. The van der Waals surface area contributed by atoms with Crippen LogP contribution in [-0.4, -0.2) is 57.6 Å². The Morgan fingerprint density at radius 2 is 1.82 bits per heavy atom. The summed E-state index contributed by atoms with van der Waals surface area (Å²) in [4.78, 5) is 36.9. The summed E-state index contributed by atoms with van der Waals surface area (Å²) in [6, 6.07) is 21.4. The summed E-state index contributed by atoms with van der Waals surface area (Å²) in [7, 11) is 0. The number of hydrogen-bond donors (Lipinski definition) is 1. The number of H-pyrrole nitrogens is 1. The van der Waals surface area contributed by atoms with Crippen molar-refractivity contribution in [1.29, 1.82) is 0 Å². The van der Waals surface area contributed by atoms with E-state index in [2.05, 4.69) is 20.9 Å². The van der Waals surface area contributed by atoms with Crippen LogP contribution in [0.3, 0.4) is 0 Å². The van der Waals surface area contributed by atoms with E-state index in [0.29, 0.717) is 37.9 Å². The van der Waals surface area contributed by atoms with Crippen LogP contribution in [-0.2, 0) is 20.9 Å². The number of benzene rings is 3. The molecule has 2 aliphatic rings. The lowest BCUT2D eigenvalue weighted by Gasteiger charge is -2.40. The molecule has 2 saturated heterocycles. The molecule has 1 N–H and O–H groups in total. The van der Waals surface area contributed by atoms with Crippen molar-refractivity contribution in [2.24, 2.45) is 0 Å². The Morgan fingerprint density at radius 1 is 1.10 bits per heavy atom. The number of likely N-dealkylation sites (tertiary alicyclic amines) is 1. The third-order valence-electron chi connectivity index (χ3n) is 7.71. The fourth-order valence-electron chi connectivity index (χ4n) is 5.73. The molecule has 0 aliphatic carbocycles. The van der Waals surface area contributed by atoms with Crippen LogP contribution in [0.2, 0.25) is 5.02 Å². The number of rotatable bonds is 6. The normalized spacial score (nSPS) is 21.4. The average molecular weight is 639 g/mol. The molecule has 3 aromatic carbocycles. The number of ether oxygens (including phenoxy) is 1. The summed E-state index contributed by atoms with van der Waals surface area (Å²) in [5, 5.41) is 1.58. The highest BCUT2D eigenvalue weighted by Crippen LogP contribution is 2.55. The number of carbonyl (C=O) groups excluding carboxylic acids is 2. The van der Waals surface area contributed by atoms with Crippen molar-refractivity contribution in [3.05, 3.63) is 99.1 Å². The summed E-state index contributed by atoms with van der Waals surface area (Å²) in [5.41, 5.74) is 3.93. The molecule has 6 nitrogen and oxygen atoms in total. The number of fused-ring (bicyclic) bond motifs is 1. The predicted octanol–water partition coefficient (Wildman–Crippen LogP) is 6.76. The lowest BCUT2D eigenvalue weighted by molar-refractivity contribution is -0.138. The minimum Gasteiger partial charge on any atom is -0.378 e. The van der Waals surface area contributed by atoms with E-state index in [4.69, 9.17) is 16.3 Å². The Balaban J connectivity index is 1.53. The van der Waals surface area contributed by atoms with Gasteiger partial charge < -0.3 is 19.5 Å². The molecule has 206 valence electrons. The van der Waals surface area contributed by atoms with Crippen LogP contribution in [0.5, 0.6) is 0 Å². The van der Waals surface area contributed by atoms with Gasteiger partial charge in [-0.3, -0.25) is 9.59 Å². The summed E-state index contributed by atoms with van der Waals surface area (Å²) >= 11 is 11.3. The highest BCUT2D eigenvalue weighted by atomic mass is 79.9. The van der Waals surface area contributed by atoms with Gasteiger partial charge in [0.25, 0.3) is 0 Å². The van der Waals surface area contributed by atoms with Crippen molar-refractivity contribution in [3.8, 4) is 0 Å². The molecule has 9 heteroatoms. The molecule has 1 aromatic heterocycles. The largest absolute Gasteiger partial charge is 0.378 e. The second-order valence-corrected chi connectivity index (χ2v) is 13.1. The van der Waals surface area contributed by atoms with Gasteiger partial charge in [-0.15, -0.1) is 11.8 Å². The van der Waals surface area contributed by atoms with Crippen molar-refractivity contribution >= 4 is 62.0 Å². The third kappa shape index (κ3) is 5.18. The highest BCUT2D eigenvalue weighted by molar-refractivity contribution is 9.10. The molecule has 0 bridgehead atoms. The quantitative estimate of drug-likeness (QED) is 0.254. The summed E-state index contributed by atoms with van der Waals surface area (Å²) in [6.07, 6.45) is 2.04. The molecule has 2 amide bonds. The zero-order valence-electron chi connectivity index (χ0n) is 22.0. The lowest BCUT2D eigenvalue weighted by atomic mass is 9.90. The van der Waals surface area contributed by atoms with E-state index in [1.807, 2.05) is 89.7 Å². The van der Waals surface area contributed by atoms with E-state index in [-0.39, 0.29) is 18.2 Å². The predicted molar refractivity (Wildman–Crippen MR) is 163 cm³/mol. The average Bonchev–Trinajstić information content (AvgIpc) is 3.48. The van der Waals surface area contributed by atoms with Crippen LogP contribution >= 0.6 is 39.3 Å². The van der Waals surface area contributed by atoms with E-state index in [0.717, 1.165) is 37.0 Å². The van der Waals surface area contributed by atoms with Gasteiger partial charge in [0, 0.05) is 56.7 Å². The first-order valence-electron chi connectivity index (χ1n) is 13.3. The maximum absolute atomic E-state index is 14.7. The van der Waals surface area contributed by atoms with Crippen molar-refractivity contribution in [2.45, 2.75) is 35.6 Å². The summed E-state index contributed by atoms with van der Waals surface area (Å²) in [6.45, 7) is 4.43. The van der Waals surface area contributed by atoms with E-state index in [1.54, 1.807) is 0 Å². The Hall–Kier alpha value is -2.78. The minimum absolute atomic E-state index is 0.0265. The first-order valence-corrected chi connectivity index (χ1v) is 15.3. The molecule has 6 rings (SSSR count). The number of aryl methyl sites for hydroxylation is 1. The zero-order valence-corrected chi connectivity index (χ0v) is 25.2. The van der Waals surface area contributed by atoms with Gasteiger partial charge in [-0.05, 0) is 48.9 Å². The van der Waals surface area contributed by atoms with Gasteiger partial charge >= 0.3 is 0 Å². The molecule has 3 heterocycles. The molecular weight excluding hydrogens is 610 g/mol. The van der Waals surface area contributed by atoms with E-state index in [1.165, 1.54) is 11.8 Å². The zero-order chi connectivity index (χ0) is 27.9. The Kier molecular flexibility index (Phi) is 7.70. The van der Waals surface area contributed by atoms with Gasteiger partial charge in [0.1, 0.15) is 4.75 Å². The van der Waals surface area contributed by atoms with Crippen molar-refractivity contribution in [1.82, 2.24) is 14.8 Å². The second-order valence-electron chi connectivity index (χ2n) is 10.4. The van der Waals surface area contributed by atoms with Crippen LogP contribution < -0.4 is 0 Å². The fourth-order valence-corrected chi connectivity index (χ4v) is 7.64. The molecule has 40 heavy (non-hydrogen) atoms. The molecule has 2 aliphatic heterocycles. The number of nitrogens with zero attached hydrogens (tertiary/aromatic N) is 2. The van der Waals surface area contributed by atoms with Gasteiger partial charge in [0.05, 0.1) is 25.7 Å². The summed E-state index contributed by atoms with van der Waals surface area (Å²) in [5.74, 6) is -0.0706. The lowest BCUT2D eigenvalue weighted by Crippen LogP contribution is -2.53. The van der Waals surface area contributed by atoms with Crippen molar-refractivity contribution < 1.29 is 14.3 Å². The van der Waals surface area contributed by atoms with Gasteiger partial charge in [-0.25, -0.2) is 0 Å². The van der Waals surface area contributed by atoms with Gasteiger partial charge in [-0.2, -0.15) is 0 Å². The van der Waals surface area contributed by atoms with Crippen LogP contribution in [0.15, 0.2) is 82.3 Å². The van der Waals surface area contributed by atoms with Crippen LogP contribution in [0, 0.1) is 6.92 Å². The van der Waals surface area contributed by atoms with Crippen LogP contribution in [0.1, 0.15) is 29.2 Å². The molecule has 0 unspecified atom stereocenters. The fraction of sp³-hybridized carbons (Fsp3) is 0.290. The van der Waals surface area contributed by atoms with E-state index in [9.17, 15) is 9.59 Å². The molecular formula is C31H29BrClN3O3S. The Labute approximate surface area is 251 Å². The number of nitrogens with one attached hydrogen (secondary N) is 1. The topological polar surface area (TPSA) is 65.6 Å². The molecule has 0 spiro atoms. The van der Waals surface area contributed by atoms with E-state index < -0.39 is 10.8 Å². The second kappa shape index (κ2) is 11.2. The Morgan fingerprint density at radius 3 is 2.55 bits per heavy atom. The third-order valence-corrected chi connectivity index (χ3v) is 9.88. The molecule has 2 atom stereocenters. The van der Waals surface area contributed by atoms with Gasteiger partial charge in [0.15, 0.2) is 0 Å². The number of halogens is 2.